The molecule has 24 heavy (non-hydrogen) atoms. The molecule has 2 fully saturated rings. The van der Waals surface area contributed by atoms with Crippen LogP contribution in [0.2, 0.25) is 0 Å². The summed E-state index contributed by atoms with van der Waals surface area (Å²) in [6.45, 7) is 0. The predicted octanol–water partition coefficient (Wildman–Crippen LogP) is 4.94. The molecule has 3 atom stereocenters. The topological polar surface area (TPSA) is 35.8 Å². The number of rotatable bonds is 1. The normalized spacial score (nSPS) is 28.8. The molecule has 0 aromatic heterocycles. The first kappa shape index (κ1) is 13.8. The van der Waals surface area contributed by atoms with Crippen LogP contribution in [0.25, 0.3) is 12.2 Å². The van der Waals surface area contributed by atoms with Crippen molar-refractivity contribution < 1.29 is 5.21 Å². The van der Waals surface area contributed by atoms with Crippen LogP contribution in [0, 0.1) is 11.8 Å². The minimum atomic E-state index is 0.163. The molecule has 120 valence electrons. The lowest BCUT2D eigenvalue weighted by Crippen LogP contribution is -2.42. The molecule has 2 bridgehead atoms. The van der Waals surface area contributed by atoms with Crippen LogP contribution in [-0.2, 0) is 0 Å². The van der Waals surface area contributed by atoms with Gasteiger partial charge in [-0.15, -0.1) is 0 Å². The fourth-order valence-corrected chi connectivity index (χ4v) is 4.84. The Morgan fingerprint density at radius 1 is 0.875 bits per heavy atom. The molecule has 1 N–H and O–H groups in total. The zero-order valence-electron chi connectivity index (χ0n) is 13.5. The van der Waals surface area contributed by atoms with E-state index in [1.807, 2.05) is 0 Å². The van der Waals surface area contributed by atoms with Crippen LogP contribution in [-0.4, -0.2) is 17.0 Å². The second-order valence-electron chi connectivity index (χ2n) is 7.06. The zero-order chi connectivity index (χ0) is 16.1. The van der Waals surface area contributed by atoms with Crippen molar-refractivity contribution in [3.63, 3.8) is 0 Å². The fourth-order valence-electron chi connectivity index (χ4n) is 4.84. The summed E-state index contributed by atoms with van der Waals surface area (Å²) in [5, 5.41) is 13.5. The third-order valence-corrected chi connectivity index (χ3v) is 5.87. The lowest BCUT2D eigenvalue weighted by atomic mass is 9.90. The summed E-state index contributed by atoms with van der Waals surface area (Å²) in [5.74, 6) is 1.01. The van der Waals surface area contributed by atoms with Crippen molar-refractivity contribution in [3.05, 3.63) is 59.7 Å². The van der Waals surface area contributed by atoms with Gasteiger partial charge in [0.1, 0.15) is 0 Å². The third-order valence-electron chi connectivity index (χ3n) is 5.87. The summed E-state index contributed by atoms with van der Waals surface area (Å²) in [5.41, 5.74) is 5.81. The minimum absolute atomic E-state index is 0.163. The number of hydrogen-bond donors (Lipinski definition) is 1. The molecule has 1 aliphatic heterocycles. The van der Waals surface area contributed by atoms with Gasteiger partial charge in [0, 0.05) is 17.3 Å². The monoisotopic (exact) mass is 316 g/mol. The molecule has 3 heteroatoms. The van der Waals surface area contributed by atoms with Crippen molar-refractivity contribution in [2.75, 3.05) is 4.90 Å². The van der Waals surface area contributed by atoms with Crippen molar-refractivity contribution in [2.45, 2.75) is 25.3 Å². The lowest BCUT2D eigenvalue weighted by molar-refractivity contribution is 0.311. The Balaban J connectivity index is 1.74. The van der Waals surface area contributed by atoms with E-state index >= 15 is 0 Å². The van der Waals surface area contributed by atoms with Crippen LogP contribution in [0.3, 0.4) is 0 Å². The zero-order valence-corrected chi connectivity index (χ0v) is 13.5. The SMILES string of the molecule is O/N=C1\[C@H]2CC[C@@H](C2)[C@H]1N1c2ccccc2C=Cc2ccccc21. The molecule has 2 saturated carbocycles. The van der Waals surface area contributed by atoms with E-state index in [0.29, 0.717) is 11.8 Å². The van der Waals surface area contributed by atoms with E-state index in [1.54, 1.807) is 0 Å². The van der Waals surface area contributed by atoms with E-state index < -0.39 is 0 Å². The van der Waals surface area contributed by atoms with Crippen molar-refractivity contribution >= 4 is 29.2 Å². The number of oxime groups is 1. The number of fused-ring (bicyclic) bond motifs is 4. The molecular weight excluding hydrogens is 296 g/mol. The summed E-state index contributed by atoms with van der Waals surface area (Å²) in [6, 6.07) is 17.2. The molecular formula is C21H20N2O. The molecule has 0 saturated heterocycles. The van der Waals surface area contributed by atoms with E-state index in [4.69, 9.17) is 0 Å². The van der Waals surface area contributed by atoms with Crippen LogP contribution in [0.15, 0.2) is 53.7 Å². The number of nitrogens with zero attached hydrogens (tertiary/aromatic N) is 2. The molecule has 0 spiro atoms. The maximum Gasteiger partial charge on any atom is 0.0832 e. The molecule has 1 heterocycles. The summed E-state index contributed by atoms with van der Waals surface area (Å²) < 4.78 is 0. The van der Waals surface area contributed by atoms with Gasteiger partial charge in [0.2, 0.25) is 0 Å². The highest BCUT2D eigenvalue weighted by Crippen LogP contribution is 2.49. The van der Waals surface area contributed by atoms with Crippen LogP contribution in [0.4, 0.5) is 11.4 Å². The highest BCUT2D eigenvalue weighted by molar-refractivity contribution is 6.01. The van der Waals surface area contributed by atoms with E-state index in [2.05, 4.69) is 70.7 Å². The summed E-state index contributed by atoms with van der Waals surface area (Å²) in [7, 11) is 0. The second kappa shape index (κ2) is 5.23. The summed E-state index contributed by atoms with van der Waals surface area (Å²) in [6.07, 6.45) is 7.92. The number of anilines is 2. The van der Waals surface area contributed by atoms with E-state index in [0.717, 1.165) is 18.6 Å². The van der Waals surface area contributed by atoms with Gasteiger partial charge in [-0.05, 0) is 48.4 Å². The van der Waals surface area contributed by atoms with Crippen LogP contribution in [0.1, 0.15) is 30.4 Å². The average molecular weight is 316 g/mol. The highest BCUT2D eigenvalue weighted by Gasteiger charge is 2.49. The van der Waals surface area contributed by atoms with Crippen LogP contribution < -0.4 is 4.90 Å². The Bertz CT molecular complexity index is 805. The Labute approximate surface area is 141 Å². The van der Waals surface area contributed by atoms with E-state index in [1.165, 1.54) is 28.9 Å². The third kappa shape index (κ3) is 1.87. The molecule has 3 aliphatic rings. The Hall–Kier alpha value is -2.55. The molecule has 0 amide bonds. The van der Waals surface area contributed by atoms with Crippen LogP contribution in [0.5, 0.6) is 0 Å². The largest absolute Gasteiger partial charge is 0.411 e. The Morgan fingerprint density at radius 3 is 2.12 bits per heavy atom. The van der Waals surface area contributed by atoms with Gasteiger partial charge < -0.3 is 10.1 Å². The first-order valence-corrected chi connectivity index (χ1v) is 8.74. The minimum Gasteiger partial charge on any atom is -0.411 e. The molecule has 3 nitrogen and oxygen atoms in total. The van der Waals surface area contributed by atoms with Gasteiger partial charge in [-0.25, -0.2) is 0 Å². The molecule has 2 aliphatic carbocycles. The lowest BCUT2D eigenvalue weighted by Gasteiger charge is -2.37. The second-order valence-corrected chi connectivity index (χ2v) is 7.06. The average Bonchev–Trinajstić information content (AvgIpc) is 3.19. The molecule has 5 rings (SSSR count). The predicted molar refractivity (Wildman–Crippen MR) is 97.8 cm³/mol. The van der Waals surface area contributed by atoms with Gasteiger partial charge in [0.15, 0.2) is 0 Å². The number of benzene rings is 2. The van der Waals surface area contributed by atoms with Gasteiger partial charge in [0.05, 0.1) is 11.8 Å². The first-order chi connectivity index (χ1) is 11.9. The van der Waals surface area contributed by atoms with Gasteiger partial charge >= 0.3 is 0 Å². The fraction of sp³-hybridized carbons (Fsp3) is 0.286. The molecule has 2 aromatic rings. The summed E-state index contributed by atoms with van der Waals surface area (Å²) in [4.78, 5) is 2.42. The maximum atomic E-state index is 9.70. The quantitative estimate of drug-likeness (QED) is 0.597. The smallest absolute Gasteiger partial charge is 0.0832 e. The van der Waals surface area contributed by atoms with Gasteiger partial charge in [-0.2, -0.15) is 0 Å². The summed E-state index contributed by atoms with van der Waals surface area (Å²) >= 11 is 0. The van der Waals surface area contributed by atoms with Gasteiger partial charge in [-0.3, -0.25) is 0 Å². The Kier molecular flexibility index (Phi) is 3.02. The van der Waals surface area contributed by atoms with Gasteiger partial charge in [-0.1, -0.05) is 53.7 Å². The van der Waals surface area contributed by atoms with E-state index in [9.17, 15) is 5.21 Å². The first-order valence-electron chi connectivity index (χ1n) is 8.74. The van der Waals surface area contributed by atoms with Crippen LogP contribution >= 0.6 is 0 Å². The maximum absolute atomic E-state index is 9.70. The standard InChI is InChI=1S/C21H20N2O/c24-22-20-16-11-12-17(13-16)21(20)23-18-7-3-1-5-14(18)9-10-15-6-2-4-8-19(15)23/h1-10,16-17,21,24H,11-13H2/b22-20+/t16-,17-,21+/m0/s1. The van der Waals surface area contributed by atoms with Gasteiger partial charge in [0.25, 0.3) is 0 Å². The number of hydrogen-bond acceptors (Lipinski definition) is 3. The molecule has 0 radical (unpaired) electrons. The van der Waals surface area contributed by atoms with Crippen molar-refractivity contribution in [2.24, 2.45) is 17.0 Å². The van der Waals surface area contributed by atoms with Crippen molar-refractivity contribution in [3.8, 4) is 0 Å². The van der Waals surface area contributed by atoms with Crippen molar-refractivity contribution in [1.82, 2.24) is 0 Å². The number of para-hydroxylation sites is 2. The van der Waals surface area contributed by atoms with E-state index in [-0.39, 0.29) is 6.04 Å². The van der Waals surface area contributed by atoms with Crippen molar-refractivity contribution in [1.29, 1.82) is 0 Å². The highest BCUT2D eigenvalue weighted by atomic mass is 16.4. The molecule has 2 aromatic carbocycles. The Morgan fingerprint density at radius 2 is 1.50 bits per heavy atom. The molecule has 0 unspecified atom stereocenters.